The van der Waals surface area contributed by atoms with E-state index in [0.29, 0.717) is 11.5 Å². The van der Waals surface area contributed by atoms with E-state index in [0.717, 1.165) is 41.0 Å². The third-order valence-corrected chi connectivity index (χ3v) is 4.88. The van der Waals surface area contributed by atoms with Gasteiger partial charge in [-0.2, -0.15) is 9.61 Å². The van der Waals surface area contributed by atoms with Crippen LogP contribution in [0.3, 0.4) is 0 Å². The van der Waals surface area contributed by atoms with Gasteiger partial charge in [0.05, 0.1) is 26.3 Å². The van der Waals surface area contributed by atoms with Crippen molar-refractivity contribution in [3.63, 3.8) is 0 Å². The summed E-state index contributed by atoms with van der Waals surface area (Å²) in [6.07, 6.45) is 0. The molecule has 0 aliphatic carbocycles. The summed E-state index contributed by atoms with van der Waals surface area (Å²) in [5.41, 5.74) is 0.890. The number of ether oxygens (including phenoxy) is 2. The van der Waals surface area contributed by atoms with Gasteiger partial charge in [-0.15, -0.1) is 10.2 Å². The van der Waals surface area contributed by atoms with Gasteiger partial charge in [0.15, 0.2) is 22.3 Å². The topological polar surface area (TPSA) is 64.8 Å². The smallest absolute Gasteiger partial charge is 0.235 e. The molecular weight excluding hydrogens is 326 g/mol. The first kappa shape index (κ1) is 16.7. The maximum atomic E-state index is 5.51. The Morgan fingerprint density at radius 1 is 1.12 bits per heavy atom. The van der Waals surface area contributed by atoms with Gasteiger partial charge in [-0.1, -0.05) is 31.3 Å². The normalized spacial score (nSPS) is 11.4. The van der Waals surface area contributed by atoms with Gasteiger partial charge in [0.1, 0.15) is 0 Å². The third-order valence-electron chi connectivity index (χ3n) is 3.95. The molecule has 0 saturated heterocycles. The Morgan fingerprint density at radius 2 is 1.92 bits per heavy atom. The van der Waals surface area contributed by atoms with Crippen LogP contribution in [0.4, 0.5) is 0 Å². The molecule has 2 heterocycles. The van der Waals surface area contributed by atoms with E-state index >= 15 is 0 Å². The van der Waals surface area contributed by atoms with Crippen molar-refractivity contribution in [3.8, 4) is 22.1 Å². The average molecular weight is 347 g/mol. The molecule has 0 fully saturated rings. The highest BCUT2D eigenvalue weighted by atomic mass is 32.1. The zero-order valence-corrected chi connectivity index (χ0v) is 15.1. The fraction of sp³-hybridized carbons (Fsp3) is 0.438. The molecule has 0 spiro atoms. The van der Waals surface area contributed by atoms with Crippen molar-refractivity contribution in [2.24, 2.45) is 0 Å². The second-order valence-electron chi connectivity index (χ2n) is 5.22. The molecule has 0 bridgehead atoms. The van der Waals surface area contributed by atoms with Crippen molar-refractivity contribution in [1.29, 1.82) is 0 Å². The van der Waals surface area contributed by atoms with E-state index in [-0.39, 0.29) is 0 Å². The highest BCUT2D eigenvalue weighted by Crippen LogP contribution is 2.39. The van der Waals surface area contributed by atoms with E-state index in [9.17, 15) is 0 Å². The SMILES string of the molecule is CCN(CC)Cc1nnc2sc(-c3cccc(OC)c3OC)nn12. The largest absolute Gasteiger partial charge is 0.493 e. The third kappa shape index (κ3) is 2.94. The minimum atomic E-state index is 0.676. The van der Waals surface area contributed by atoms with E-state index < -0.39 is 0 Å². The van der Waals surface area contributed by atoms with Gasteiger partial charge in [-0.05, 0) is 25.2 Å². The van der Waals surface area contributed by atoms with Crippen molar-refractivity contribution < 1.29 is 9.47 Å². The molecule has 0 atom stereocenters. The first-order valence-electron chi connectivity index (χ1n) is 7.86. The predicted octanol–water partition coefficient (Wildman–Crippen LogP) is 2.71. The lowest BCUT2D eigenvalue weighted by molar-refractivity contribution is 0.286. The molecule has 0 aliphatic rings. The Morgan fingerprint density at radius 3 is 2.58 bits per heavy atom. The van der Waals surface area contributed by atoms with Crippen LogP contribution in [0.15, 0.2) is 18.2 Å². The fourth-order valence-corrected chi connectivity index (χ4v) is 3.45. The van der Waals surface area contributed by atoms with E-state index in [4.69, 9.17) is 14.6 Å². The Balaban J connectivity index is 2.02. The average Bonchev–Trinajstić information content (AvgIpc) is 3.20. The fourth-order valence-electron chi connectivity index (χ4n) is 2.57. The number of nitrogens with zero attached hydrogens (tertiary/aromatic N) is 5. The Bertz CT molecular complexity index is 825. The molecule has 0 unspecified atom stereocenters. The summed E-state index contributed by atoms with van der Waals surface area (Å²) in [5, 5.41) is 14.0. The lowest BCUT2D eigenvalue weighted by Crippen LogP contribution is -2.23. The Kier molecular flexibility index (Phi) is 4.96. The summed E-state index contributed by atoms with van der Waals surface area (Å²) < 4.78 is 12.7. The minimum Gasteiger partial charge on any atom is -0.493 e. The van der Waals surface area contributed by atoms with Crippen molar-refractivity contribution in [2.45, 2.75) is 20.4 Å². The highest BCUT2D eigenvalue weighted by Gasteiger charge is 2.18. The molecule has 0 saturated carbocycles. The number of fused-ring (bicyclic) bond motifs is 1. The van der Waals surface area contributed by atoms with Gasteiger partial charge in [0.2, 0.25) is 4.96 Å². The Labute approximate surface area is 144 Å². The van der Waals surface area contributed by atoms with Crippen LogP contribution < -0.4 is 9.47 Å². The van der Waals surface area contributed by atoms with Gasteiger partial charge >= 0.3 is 0 Å². The summed E-state index contributed by atoms with van der Waals surface area (Å²) in [7, 11) is 3.26. The number of rotatable bonds is 7. The van der Waals surface area contributed by atoms with Crippen LogP contribution in [0, 0.1) is 0 Å². The molecule has 0 aliphatic heterocycles. The maximum absolute atomic E-state index is 5.51. The van der Waals surface area contributed by atoms with Crippen molar-refractivity contribution in [3.05, 3.63) is 24.0 Å². The van der Waals surface area contributed by atoms with Gasteiger partial charge in [-0.25, -0.2) is 0 Å². The summed E-state index contributed by atoms with van der Waals surface area (Å²) in [6.45, 7) is 6.93. The number of benzene rings is 1. The first-order chi connectivity index (χ1) is 11.7. The van der Waals surface area contributed by atoms with Crippen molar-refractivity contribution in [1.82, 2.24) is 24.7 Å². The molecule has 8 heteroatoms. The van der Waals surface area contributed by atoms with Crippen LogP contribution in [0.2, 0.25) is 0 Å². The number of hydrogen-bond donors (Lipinski definition) is 0. The van der Waals surface area contributed by atoms with Crippen LogP contribution in [-0.4, -0.2) is 52.0 Å². The second kappa shape index (κ2) is 7.14. The van der Waals surface area contributed by atoms with E-state index in [1.807, 2.05) is 22.7 Å². The molecule has 7 nitrogen and oxygen atoms in total. The summed E-state index contributed by atoms with van der Waals surface area (Å²) in [6, 6.07) is 5.77. The summed E-state index contributed by atoms with van der Waals surface area (Å²) in [4.78, 5) is 3.05. The van der Waals surface area contributed by atoms with E-state index in [2.05, 4.69) is 28.9 Å². The van der Waals surface area contributed by atoms with Gasteiger partial charge in [0.25, 0.3) is 0 Å². The molecule has 1 aromatic carbocycles. The van der Waals surface area contributed by atoms with Crippen molar-refractivity contribution in [2.75, 3.05) is 27.3 Å². The number of aromatic nitrogens is 4. The molecule has 2 aromatic heterocycles. The molecule has 0 radical (unpaired) electrons. The second-order valence-corrected chi connectivity index (χ2v) is 6.18. The first-order valence-corrected chi connectivity index (χ1v) is 8.68. The molecule has 24 heavy (non-hydrogen) atoms. The molecule has 0 N–H and O–H groups in total. The number of methoxy groups -OCH3 is 2. The van der Waals surface area contributed by atoms with Gasteiger partial charge in [-0.3, -0.25) is 4.90 Å². The van der Waals surface area contributed by atoms with Crippen LogP contribution in [0.5, 0.6) is 11.5 Å². The molecule has 0 amide bonds. The predicted molar refractivity (Wildman–Crippen MR) is 93.8 cm³/mol. The minimum absolute atomic E-state index is 0.676. The standard InChI is InChI=1S/C16H21N5O2S/c1-5-20(6-2)10-13-17-18-16-21(13)19-15(24-16)11-8-7-9-12(22-3)14(11)23-4/h7-9H,5-6,10H2,1-4H3. The van der Waals surface area contributed by atoms with Crippen LogP contribution in [0.1, 0.15) is 19.7 Å². The highest BCUT2D eigenvalue weighted by molar-refractivity contribution is 7.19. The quantitative estimate of drug-likeness (QED) is 0.655. The molecule has 3 rings (SSSR count). The van der Waals surface area contributed by atoms with Crippen LogP contribution >= 0.6 is 11.3 Å². The van der Waals surface area contributed by atoms with Crippen LogP contribution in [0.25, 0.3) is 15.5 Å². The van der Waals surface area contributed by atoms with E-state index in [1.54, 1.807) is 14.2 Å². The van der Waals surface area contributed by atoms with Gasteiger partial charge in [0, 0.05) is 0 Å². The van der Waals surface area contributed by atoms with Gasteiger partial charge < -0.3 is 9.47 Å². The lowest BCUT2D eigenvalue weighted by atomic mass is 10.2. The lowest BCUT2D eigenvalue weighted by Gasteiger charge is -2.15. The summed E-state index contributed by atoms with van der Waals surface area (Å²) in [5.74, 6) is 2.21. The zero-order valence-electron chi connectivity index (χ0n) is 14.3. The molecular formula is C16H21N5O2S. The Hall–Kier alpha value is -2.19. The number of para-hydroxylation sites is 1. The summed E-state index contributed by atoms with van der Waals surface area (Å²) >= 11 is 1.49. The van der Waals surface area contributed by atoms with Crippen LogP contribution in [-0.2, 0) is 6.54 Å². The monoisotopic (exact) mass is 347 g/mol. The molecule has 128 valence electrons. The molecule has 3 aromatic rings. The maximum Gasteiger partial charge on any atom is 0.235 e. The number of hydrogen-bond acceptors (Lipinski definition) is 7. The van der Waals surface area contributed by atoms with Crippen molar-refractivity contribution >= 4 is 16.3 Å². The zero-order chi connectivity index (χ0) is 17.1. The van der Waals surface area contributed by atoms with E-state index in [1.165, 1.54) is 11.3 Å².